The van der Waals surface area contributed by atoms with E-state index in [4.69, 9.17) is 0 Å². The van der Waals surface area contributed by atoms with Crippen molar-refractivity contribution in [1.29, 1.82) is 0 Å². The van der Waals surface area contributed by atoms with Gasteiger partial charge in [-0.25, -0.2) is 0 Å². The van der Waals surface area contributed by atoms with Crippen LogP contribution in [-0.4, -0.2) is 0 Å². The summed E-state index contributed by atoms with van der Waals surface area (Å²) in [6.45, 7) is 9.17. The van der Waals surface area contributed by atoms with Crippen LogP contribution in [0.4, 0.5) is 0 Å². The minimum absolute atomic E-state index is 0.501. The SMILES string of the molecule is Cc1cccc(C2=CCC(C)(C)CC2)c1C. The molecule has 2 rings (SSSR count). The Labute approximate surface area is 99.4 Å². The van der Waals surface area contributed by atoms with Crippen molar-refractivity contribution >= 4 is 5.57 Å². The van der Waals surface area contributed by atoms with Crippen molar-refractivity contribution < 1.29 is 0 Å². The summed E-state index contributed by atoms with van der Waals surface area (Å²) in [5.41, 5.74) is 6.38. The van der Waals surface area contributed by atoms with Gasteiger partial charge in [0, 0.05) is 0 Å². The lowest BCUT2D eigenvalue weighted by atomic mass is 9.76. The first-order valence-corrected chi connectivity index (χ1v) is 6.25. The minimum Gasteiger partial charge on any atom is -0.0802 e. The highest BCUT2D eigenvalue weighted by atomic mass is 14.3. The van der Waals surface area contributed by atoms with Crippen molar-refractivity contribution in [2.45, 2.75) is 47.0 Å². The minimum atomic E-state index is 0.501. The largest absolute Gasteiger partial charge is 0.0802 e. The van der Waals surface area contributed by atoms with Crippen molar-refractivity contribution in [3.05, 3.63) is 41.0 Å². The zero-order valence-corrected chi connectivity index (χ0v) is 10.9. The Morgan fingerprint density at radius 1 is 1.12 bits per heavy atom. The lowest BCUT2D eigenvalue weighted by molar-refractivity contribution is 0.335. The molecule has 0 N–H and O–H groups in total. The third kappa shape index (κ3) is 2.21. The molecule has 0 heteroatoms. The molecule has 0 nitrogen and oxygen atoms in total. The second-order valence-electron chi connectivity index (χ2n) is 5.85. The fourth-order valence-electron chi connectivity index (χ4n) is 2.42. The summed E-state index contributed by atoms with van der Waals surface area (Å²) in [5.74, 6) is 0. The monoisotopic (exact) mass is 214 g/mol. The van der Waals surface area contributed by atoms with E-state index in [1.165, 1.54) is 36.0 Å². The molecule has 0 aliphatic heterocycles. The number of benzene rings is 1. The van der Waals surface area contributed by atoms with Crippen LogP contribution in [0.5, 0.6) is 0 Å². The molecule has 0 saturated heterocycles. The molecule has 16 heavy (non-hydrogen) atoms. The van der Waals surface area contributed by atoms with Crippen molar-refractivity contribution in [2.24, 2.45) is 5.41 Å². The summed E-state index contributed by atoms with van der Waals surface area (Å²) in [7, 11) is 0. The summed E-state index contributed by atoms with van der Waals surface area (Å²) in [6, 6.07) is 6.65. The highest BCUT2D eigenvalue weighted by molar-refractivity contribution is 5.69. The van der Waals surface area contributed by atoms with Crippen LogP contribution in [0.25, 0.3) is 5.57 Å². The Morgan fingerprint density at radius 3 is 2.50 bits per heavy atom. The van der Waals surface area contributed by atoms with E-state index in [1.807, 2.05) is 0 Å². The summed E-state index contributed by atoms with van der Waals surface area (Å²) >= 11 is 0. The number of hydrogen-bond donors (Lipinski definition) is 0. The van der Waals surface area contributed by atoms with Crippen LogP contribution in [0.2, 0.25) is 0 Å². The van der Waals surface area contributed by atoms with Crippen LogP contribution < -0.4 is 0 Å². The molecule has 0 spiro atoms. The first-order chi connectivity index (χ1) is 7.49. The number of allylic oxidation sites excluding steroid dienone is 2. The zero-order valence-electron chi connectivity index (χ0n) is 10.9. The fourth-order valence-corrected chi connectivity index (χ4v) is 2.42. The van der Waals surface area contributed by atoms with E-state index in [0.29, 0.717) is 5.41 Å². The van der Waals surface area contributed by atoms with Gasteiger partial charge in [0.15, 0.2) is 0 Å². The Morgan fingerprint density at radius 2 is 1.88 bits per heavy atom. The molecule has 0 amide bonds. The standard InChI is InChI=1S/C16H22/c1-12-6-5-7-15(13(12)2)14-8-10-16(3,4)11-9-14/h5-8H,9-11H2,1-4H3. The van der Waals surface area contributed by atoms with Gasteiger partial charge >= 0.3 is 0 Å². The normalized spacial score (nSPS) is 19.4. The first-order valence-electron chi connectivity index (χ1n) is 6.25. The summed E-state index contributed by atoms with van der Waals surface area (Å²) in [4.78, 5) is 0. The van der Waals surface area contributed by atoms with Crippen molar-refractivity contribution in [2.75, 3.05) is 0 Å². The maximum Gasteiger partial charge on any atom is -0.0196 e. The molecule has 86 valence electrons. The van der Waals surface area contributed by atoms with Crippen LogP contribution in [0.3, 0.4) is 0 Å². The van der Waals surface area contributed by atoms with Crippen LogP contribution in [-0.2, 0) is 0 Å². The van der Waals surface area contributed by atoms with Gasteiger partial charge in [-0.3, -0.25) is 0 Å². The Bertz CT molecular complexity index is 422. The van der Waals surface area contributed by atoms with Gasteiger partial charge in [0.2, 0.25) is 0 Å². The van der Waals surface area contributed by atoms with Crippen molar-refractivity contribution in [3.63, 3.8) is 0 Å². The molecule has 0 radical (unpaired) electrons. The maximum atomic E-state index is 2.45. The Balaban J connectivity index is 2.33. The van der Waals surface area contributed by atoms with Gasteiger partial charge < -0.3 is 0 Å². The second-order valence-corrected chi connectivity index (χ2v) is 5.85. The molecule has 1 aliphatic carbocycles. The lowest BCUT2D eigenvalue weighted by Gasteiger charge is -2.29. The zero-order chi connectivity index (χ0) is 11.8. The molecule has 0 fully saturated rings. The van der Waals surface area contributed by atoms with Gasteiger partial charge in [-0.15, -0.1) is 0 Å². The Hall–Kier alpha value is -1.04. The topological polar surface area (TPSA) is 0 Å². The Kier molecular flexibility index (Phi) is 2.92. The van der Waals surface area contributed by atoms with E-state index in [0.717, 1.165) is 0 Å². The second kappa shape index (κ2) is 4.08. The van der Waals surface area contributed by atoms with Gasteiger partial charge in [0.05, 0.1) is 0 Å². The molecular weight excluding hydrogens is 192 g/mol. The molecular formula is C16H22. The third-order valence-electron chi connectivity index (χ3n) is 3.92. The van der Waals surface area contributed by atoms with Gasteiger partial charge in [0.1, 0.15) is 0 Å². The van der Waals surface area contributed by atoms with Gasteiger partial charge in [-0.05, 0) is 60.8 Å². The molecule has 0 heterocycles. The highest BCUT2D eigenvalue weighted by Gasteiger charge is 2.22. The molecule has 0 bridgehead atoms. The number of rotatable bonds is 1. The predicted molar refractivity (Wildman–Crippen MR) is 71.5 cm³/mol. The molecule has 0 aromatic heterocycles. The van der Waals surface area contributed by atoms with Crippen LogP contribution in [0, 0.1) is 19.3 Å². The van der Waals surface area contributed by atoms with Gasteiger partial charge in [-0.1, -0.05) is 38.1 Å². The van der Waals surface area contributed by atoms with Crippen LogP contribution in [0.1, 0.15) is 49.8 Å². The predicted octanol–water partition coefficient (Wildman–Crippen LogP) is 4.90. The average molecular weight is 214 g/mol. The summed E-state index contributed by atoms with van der Waals surface area (Å²) < 4.78 is 0. The number of aryl methyl sites for hydroxylation is 1. The smallest absolute Gasteiger partial charge is 0.0196 e. The lowest BCUT2D eigenvalue weighted by Crippen LogP contribution is -2.14. The van der Waals surface area contributed by atoms with Crippen molar-refractivity contribution in [3.8, 4) is 0 Å². The molecule has 1 aromatic carbocycles. The average Bonchev–Trinajstić information content (AvgIpc) is 2.23. The first kappa shape index (κ1) is 11.4. The molecule has 1 aromatic rings. The number of hydrogen-bond acceptors (Lipinski definition) is 0. The van der Waals surface area contributed by atoms with E-state index >= 15 is 0 Å². The van der Waals surface area contributed by atoms with Gasteiger partial charge in [-0.2, -0.15) is 0 Å². The van der Waals surface area contributed by atoms with E-state index in [2.05, 4.69) is 52.0 Å². The quantitative estimate of drug-likeness (QED) is 0.624. The van der Waals surface area contributed by atoms with Crippen molar-refractivity contribution in [1.82, 2.24) is 0 Å². The molecule has 1 aliphatic rings. The fraction of sp³-hybridized carbons (Fsp3) is 0.500. The van der Waals surface area contributed by atoms with E-state index < -0.39 is 0 Å². The summed E-state index contributed by atoms with van der Waals surface area (Å²) in [5, 5.41) is 0. The van der Waals surface area contributed by atoms with Crippen LogP contribution in [0.15, 0.2) is 24.3 Å². The molecule has 0 atom stereocenters. The van der Waals surface area contributed by atoms with Crippen LogP contribution >= 0.6 is 0 Å². The third-order valence-corrected chi connectivity index (χ3v) is 3.92. The van der Waals surface area contributed by atoms with E-state index in [9.17, 15) is 0 Å². The highest BCUT2D eigenvalue weighted by Crippen LogP contribution is 2.38. The van der Waals surface area contributed by atoms with E-state index in [1.54, 1.807) is 5.57 Å². The molecule has 0 saturated carbocycles. The summed E-state index contributed by atoms with van der Waals surface area (Å²) in [6.07, 6.45) is 6.21. The molecule has 0 unspecified atom stereocenters. The van der Waals surface area contributed by atoms with Gasteiger partial charge in [0.25, 0.3) is 0 Å². The maximum absolute atomic E-state index is 2.45. The van der Waals surface area contributed by atoms with E-state index in [-0.39, 0.29) is 0 Å².